The number of nitrogens with zero attached hydrogens (tertiary/aromatic N) is 4. The summed E-state index contributed by atoms with van der Waals surface area (Å²) in [6.07, 6.45) is 2.52. The van der Waals surface area contributed by atoms with Gasteiger partial charge in [0, 0.05) is 44.1 Å². The predicted octanol–water partition coefficient (Wildman–Crippen LogP) is 2.52. The topological polar surface area (TPSA) is 49.3 Å². The van der Waals surface area contributed by atoms with Gasteiger partial charge in [0.25, 0.3) is 0 Å². The molecule has 0 spiro atoms. The highest BCUT2D eigenvalue weighted by Gasteiger charge is 2.22. The fraction of sp³-hybridized carbons (Fsp3) is 0.471. The molecular formula is C17H22N4OS. The quantitative estimate of drug-likeness (QED) is 0.845. The zero-order valence-corrected chi connectivity index (χ0v) is 14.3. The number of aromatic nitrogens is 2. The SMILES string of the molecule is Cc1nsc(N2CCN(C(=O)CCCc3ccccc3)CC2)n1. The maximum Gasteiger partial charge on any atom is 0.222 e. The van der Waals surface area contributed by atoms with Crippen LogP contribution in [0.1, 0.15) is 24.2 Å². The van der Waals surface area contributed by atoms with Gasteiger partial charge in [0.15, 0.2) is 0 Å². The molecule has 0 radical (unpaired) electrons. The third-order valence-electron chi connectivity index (χ3n) is 4.12. The number of rotatable bonds is 5. The van der Waals surface area contributed by atoms with E-state index in [4.69, 9.17) is 0 Å². The van der Waals surface area contributed by atoms with Crippen LogP contribution in [0.5, 0.6) is 0 Å². The van der Waals surface area contributed by atoms with E-state index in [1.165, 1.54) is 17.1 Å². The Morgan fingerprint density at radius 1 is 1.17 bits per heavy atom. The smallest absolute Gasteiger partial charge is 0.222 e. The summed E-state index contributed by atoms with van der Waals surface area (Å²) in [6, 6.07) is 10.4. The number of carbonyl (C=O) groups is 1. The standard InChI is InChI=1S/C17H22N4OS/c1-14-18-17(23-19-14)21-12-10-20(11-13-21)16(22)9-5-8-15-6-3-2-4-7-15/h2-4,6-7H,5,8-13H2,1H3. The number of piperazine rings is 1. The normalized spacial score (nSPS) is 15.0. The first-order valence-corrected chi connectivity index (χ1v) is 8.86. The number of amides is 1. The van der Waals surface area contributed by atoms with Gasteiger partial charge in [-0.15, -0.1) is 0 Å². The van der Waals surface area contributed by atoms with Gasteiger partial charge in [-0.25, -0.2) is 4.98 Å². The van der Waals surface area contributed by atoms with Gasteiger partial charge in [-0.3, -0.25) is 4.79 Å². The largest absolute Gasteiger partial charge is 0.343 e. The molecule has 0 saturated carbocycles. The van der Waals surface area contributed by atoms with Crippen LogP contribution in [0.15, 0.2) is 30.3 Å². The number of carbonyl (C=O) groups excluding carboxylic acids is 1. The second kappa shape index (κ2) is 7.55. The molecule has 0 unspecified atom stereocenters. The van der Waals surface area contributed by atoms with E-state index < -0.39 is 0 Å². The van der Waals surface area contributed by atoms with Gasteiger partial charge in [-0.05, 0) is 25.3 Å². The second-order valence-electron chi connectivity index (χ2n) is 5.83. The molecule has 1 saturated heterocycles. The van der Waals surface area contributed by atoms with Crippen LogP contribution in [0.3, 0.4) is 0 Å². The van der Waals surface area contributed by atoms with Crippen molar-refractivity contribution in [2.75, 3.05) is 31.1 Å². The summed E-state index contributed by atoms with van der Waals surface area (Å²) in [5.74, 6) is 1.10. The molecule has 1 amide bonds. The van der Waals surface area contributed by atoms with Crippen LogP contribution < -0.4 is 4.90 Å². The minimum Gasteiger partial charge on any atom is -0.343 e. The lowest BCUT2D eigenvalue weighted by atomic mass is 10.1. The van der Waals surface area contributed by atoms with Crippen LogP contribution in [0.4, 0.5) is 5.13 Å². The average Bonchev–Trinajstić information content (AvgIpc) is 3.02. The van der Waals surface area contributed by atoms with Gasteiger partial charge in [0.1, 0.15) is 5.82 Å². The van der Waals surface area contributed by atoms with Crippen LogP contribution in [-0.2, 0) is 11.2 Å². The number of benzene rings is 1. The van der Waals surface area contributed by atoms with E-state index in [2.05, 4.69) is 26.4 Å². The lowest BCUT2D eigenvalue weighted by Gasteiger charge is -2.34. The van der Waals surface area contributed by atoms with Crippen molar-refractivity contribution in [2.45, 2.75) is 26.2 Å². The van der Waals surface area contributed by atoms with E-state index in [1.807, 2.05) is 30.0 Å². The fourth-order valence-electron chi connectivity index (χ4n) is 2.81. The minimum absolute atomic E-state index is 0.272. The predicted molar refractivity (Wildman–Crippen MR) is 92.8 cm³/mol. The second-order valence-corrected chi connectivity index (χ2v) is 6.56. The van der Waals surface area contributed by atoms with Crippen molar-refractivity contribution in [3.8, 4) is 0 Å². The Bertz CT molecular complexity index is 635. The van der Waals surface area contributed by atoms with Crippen molar-refractivity contribution in [3.63, 3.8) is 0 Å². The zero-order chi connectivity index (χ0) is 16.1. The summed E-state index contributed by atoms with van der Waals surface area (Å²) < 4.78 is 4.22. The van der Waals surface area contributed by atoms with Crippen molar-refractivity contribution >= 4 is 22.6 Å². The number of hydrogen-bond donors (Lipinski definition) is 0. The Labute approximate surface area is 141 Å². The van der Waals surface area contributed by atoms with Crippen molar-refractivity contribution in [1.29, 1.82) is 0 Å². The van der Waals surface area contributed by atoms with Crippen LogP contribution >= 0.6 is 11.5 Å². The molecule has 1 aliphatic rings. The first-order valence-electron chi connectivity index (χ1n) is 8.09. The van der Waals surface area contributed by atoms with Crippen molar-refractivity contribution < 1.29 is 4.79 Å². The monoisotopic (exact) mass is 330 g/mol. The summed E-state index contributed by atoms with van der Waals surface area (Å²) in [5.41, 5.74) is 1.30. The van der Waals surface area contributed by atoms with Gasteiger partial charge >= 0.3 is 0 Å². The van der Waals surface area contributed by atoms with Crippen LogP contribution in [0.25, 0.3) is 0 Å². The molecule has 2 aromatic rings. The first-order chi connectivity index (χ1) is 11.2. The number of hydrogen-bond acceptors (Lipinski definition) is 5. The van der Waals surface area contributed by atoms with E-state index in [0.717, 1.165) is 50.0 Å². The van der Waals surface area contributed by atoms with Crippen molar-refractivity contribution in [1.82, 2.24) is 14.3 Å². The van der Waals surface area contributed by atoms with Gasteiger partial charge in [0.2, 0.25) is 11.0 Å². The van der Waals surface area contributed by atoms with Gasteiger partial charge in [-0.2, -0.15) is 4.37 Å². The molecule has 3 rings (SSSR count). The Hall–Kier alpha value is -1.95. The van der Waals surface area contributed by atoms with Crippen LogP contribution in [0, 0.1) is 6.92 Å². The molecule has 23 heavy (non-hydrogen) atoms. The van der Waals surface area contributed by atoms with E-state index in [9.17, 15) is 4.79 Å². The minimum atomic E-state index is 0.272. The Kier molecular flexibility index (Phi) is 5.23. The van der Waals surface area contributed by atoms with Crippen molar-refractivity contribution in [2.24, 2.45) is 0 Å². The molecule has 5 nitrogen and oxygen atoms in total. The Morgan fingerprint density at radius 3 is 2.57 bits per heavy atom. The lowest BCUT2D eigenvalue weighted by Crippen LogP contribution is -2.48. The van der Waals surface area contributed by atoms with Gasteiger partial charge < -0.3 is 9.80 Å². The number of anilines is 1. The molecule has 0 aliphatic carbocycles. The maximum atomic E-state index is 12.3. The molecule has 1 fully saturated rings. The van der Waals surface area contributed by atoms with Crippen LogP contribution in [0.2, 0.25) is 0 Å². The average molecular weight is 330 g/mol. The maximum absolute atomic E-state index is 12.3. The first kappa shape index (κ1) is 15.9. The molecule has 1 aliphatic heterocycles. The number of aryl methyl sites for hydroxylation is 2. The Balaban J connectivity index is 1.41. The highest BCUT2D eigenvalue weighted by molar-refractivity contribution is 7.09. The van der Waals surface area contributed by atoms with Crippen LogP contribution in [-0.4, -0.2) is 46.3 Å². The van der Waals surface area contributed by atoms with Crippen molar-refractivity contribution in [3.05, 3.63) is 41.7 Å². The Morgan fingerprint density at radius 2 is 1.91 bits per heavy atom. The van der Waals surface area contributed by atoms with E-state index in [1.54, 1.807) is 0 Å². The third-order valence-corrected chi connectivity index (χ3v) is 4.99. The highest BCUT2D eigenvalue weighted by atomic mass is 32.1. The molecular weight excluding hydrogens is 308 g/mol. The summed E-state index contributed by atoms with van der Waals surface area (Å²) in [5, 5.41) is 0.971. The van der Waals surface area contributed by atoms with E-state index >= 15 is 0 Å². The molecule has 122 valence electrons. The summed E-state index contributed by atoms with van der Waals surface area (Å²) in [4.78, 5) is 20.9. The fourth-order valence-corrected chi connectivity index (χ4v) is 3.53. The summed E-state index contributed by atoms with van der Waals surface area (Å²) in [7, 11) is 0. The molecule has 0 bridgehead atoms. The lowest BCUT2D eigenvalue weighted by molar-refractivity contribution is -0.131. The molecule has 0 atom stereocenters. The van der Waals surface area contributed by atoms with Gasteiger partial charge in [0.05, 0.1) is 0 Å². The summed E-state index contributed by atoms with van der Waals surface area (Å²) >= 11 is 1.44. The highest BCUT2D eigenvalue weighted by Crippen LogP contribution is 2.19. The summed E-state index contributed by atoms with van der Waals surface area (Å²) in [6.45, 7) is 5.16. The molecule has 1 aromatic carbocycles. The van der Waals surface area contributed by atoms with E-state index in [-0.39, 0.29) is 5.91 Å². The molecule has 1 aromatic heterocycles. The molecule has 2 heterocycles. The third kappa shape index (κ3) is 4.28. The zero-order valence-electron chi connectivity index (χ0n) is 13.4. The molecule has 6 heteroatoms. The van der Waals surface area contributed by atoms with E-state index in [0.29, 0.717) is 6.42 Å². The molecule has 0 N–H and O–H groups in total. The van der Waals surface area contributed by atoms with Gasteiger partial charge in [-0.1, -0.05) is 30.3 Å².